The third-order valence-corrected chi connectivity index (χ3v) is 3.68. The molecule has 9 heteroatoms. The molecule has 140 valence electrons. The smallest absolute Gasteiger partial charge is 0.338 e. The number of hydrogen-bond donors (Lipinski definition) is 1. The normalized spacial score (nSPS) is 12.6. The molecule has 0 atom stereocenters. The number of benzene rings is 2. The lowest BCUT2D eigenvalue weighted by Crippen LogP contribution is -2.21. The van der Waals surface area contributed by atoms with Crippen molar-refractivity contribution in [2.24, 2.45) is 0 Å². The Labute approximate surface area is 154 Å². The number of ether oxygens (including phenoxy) is 3. The molecule has 9 nitrogen and oxygen atoms in total. The second-order valence-corrected chi connectivity index (χ2v) is 5.64. The maximum atomic E-state index is 12.0. The fraction of sp³-hybridized carbons (Fsp3) is 0.222. The van der Waals surface area contributed by atoms with Crippen LogP contribution in [-0.2, 0) is 9.53 Å². The van der Waals surface area contributed by atoms with Gasteiger partial charge in [-0.2, -0.15) is 0 Å². The zero-order chi connectivity index (χ0) is 19.2. The summed E-state index contributed by atoms with van der Waals surface area (Å²) >= 11 is 0. The van der Waals surface area contributed by atoms with Gasteiger partial charge in [0.15, 0.2) is 18.1 Å². The third-order valence-electron chi connectivity index (χ3n) is 3.68. The Morgan fingerprint density at radius 1 is 1.07 bits per heavy atom. The van der Waals surface area contributed by atoms with Gasteiger partial charge in [-0.05, 0) is 24.3 Å². The summed E-state index contributed by atoms with van der Waals surface area (Å²) in [4.78, 5) is 33.9. The predicted octanol–water partition coefficient (Wildman–Crippen LogP) is 2.55. The van der Waals surface area contributed by atoms with E-state index in [1.807, 2.05) is 0 Å². The summed E-state index contributed by atoms with van der Waals surface area (Å²) in [6, 6.07) is 9.90. The highest BCUT2D eigenvalue weighted by atomic mass is 16.6. The summed E-state index contributed by atoms with van der Waals surface area (Å²) in [6.07, 6.45) is 0.773. The Bertz CT molecular complexity index is 865. The molecule has 0 radical (unpaired) electrons. The maximum Gasteiger partial charge on any atom is 0.338 e. The molecule has 0 saturated heterocycles. The van der Waals surface area contributed by atoms with Gasteiger partial charge in [0.2, 0.25) is 0 Å². The lowest BCUT2D eigenvalue weighted by Gasteiger charge is -2.10. The van der Waals surface area contributed by atoms with Crippen molar-refractivity contribution in [3.8, 4) is 11.5 Å². The van der Waals surface area contributed by atoms with Crippen LogP contribution in [0.15, 0.2) is 42.5 Å². The number of non-ortho nitro benzene ring substituents is 1. The van der Waals surface area contributed by atoms with E-state index in [0.29, 0.717) is 30.4 Å². The van der Waals surface area contributed by atoms with Gasteiger partial charge < -0.3 is 19.5 Å². The number of fused-ring (bicyclic) bond motifs is 1. The van der Waals surface area contributed by atoms with Crippen molar-refractivity contribution in [2.45, 2.75) is 6.42 Å². The summed E-state index contributed by atoms with van der Waals surface area (Å²) in [7, 11) is 0. The molecule has 0 unspecified atom stereocenters. The van der Waals surface area contributed by atoms with Gasteiger partial charge in [-0.1, -0.05) is 0 Å². The number of rotatable bonds is 5. The van der Waals surface area contributed by atoms with E-state index in [-0.39, 0.29) is 11.3 Å². The topological polar surface area (TPSA) is 117 Å². The van der Waals surface area contributed by atoms with Crippen molar-refractivity contribution in [3.05, 3.63) is 58.1 Å². The molecule has 0 aromatic heterocycles. The Morgan fingerprint density at radius 3 is 2.48 bits per heavy atom. The molecule has 2 aromatic carbocycles. The number of nitrogens with zero attached hydrogens (tertiary/aromatic N) is 1. The van der Waals surface area contributed by atoms with E-state index in [4.69, 9.17) is 14.2 Å². The van der Waals surface area contributed by atoms with Gasteiger partial charge in [-0.15, -0.1) is 0 Å². The molecule has 1 aliphatic heterocycles. The van der Waals surface area contributed by atoms with E-state index >= 15 is 0 Å². The molecule has 1 heterocycles. The highest BCUT2D eigenvalue weighted by Gasteiger charge is 2.14. The summed E-state index contributed by atoms with van der Waals surface area (Å²) in [5, 5.41) is 13.2. The zero-order valence-corrected chi connectivity index (χ0v) is 14.2. The number of anilines is 1. The number of hydrogen-bond acceptors (Lipinski definition) is 7. The van der Waals surface area contributed by atoms with Gasteiger partial charge in [0.05, 0.1) is 23.7 Å². The van der Waals surface area contributed by atoms with E-state index < -0.39 is 23.4 Å². The van der Waals surface area contributed by atoms with Crippen molar-refractivity contribution in [3.63, 3.8) is 0 Å². The number of nitrogens with one attached hydrogen (secondary N) is 1. The fourth-order valence-corrected chi connectivity index (χ4v) is 2.37. The molecule has 0 aliphatic carbocycles. The quantitative estimate of drug-likeness (QED) is 0.487. The second kappa shape index (κ2) is 8.17. The standard InChI is InChI=1S/C18H16N2O7/c21-17(11-27-18(22)12-2-5-14(6-3-12)20(23)24)19-13-4-7-15-16(10-13)26-9-1-8-25-15/h2-7,10H,1,8-9,11H2,(H,19,21). The first-order chi connectivity index (χ1) is 13.0. The Morgan fingerprint density at radius 2 is 1.78 bits per heavy atom. The van der Waals surface area contributed by atoms with Gasteiger partial charge in [0.25, 0.3) is 11.6 Å². The van der Waals surface area contributed by atoms with Crippen LogP contribution in [0.4, 0.5) is 11.4 Å². The van der Waals surface area contributed by atoms with Gasteiger partial charge in [0.1, 0.15) is 0 Å². The third kappa shape index (κ3) is 4.72. The lowest BCUT2D eigenvalue weighted by molar-refractivity contribution is -0.384. The zero-order valence-electron chi connectivity index (χ0n) is 14.2. The number of nitro benzene ring substituents is 1. The average Bonchev–Trinajstić information content (AvgIpc) is 2.91. The Balaban J connectivity index is 1.54. The van der Waals surface area contributed by atoms with Crippen LogP contribution in [0.5, 0.6) is 11.5 Å². The monoisotopic (exact) mass is 372 g/mol. The largest absolute Gasteiger partial charge is 0.490 e. The SMILES string of the molecule is O=C(COC(=O)c1ccc([N+](=O)[O-])cc1)Nc1ccc2c(c1)OCCCO2. The van der Waals surface area contributed by atoms with Crippen molar-refractivity contribution in [2.75, 3.05) is 25.1 Å². The van der Waals surface area contributed by atoms with Gasteiger partial charge >= 0.3 is 5.97 Å². The first-order valence-electron chi connectivity index (χ1n) is 8.14. The van der Waals surface area contributed by atoms with Crippen LogP contribution in [-0.4, -0.2) is 36.6 Å². The van der Waals surface area contributed by atoms with Gasteiger partial charge in [-0.25, -0.2) is 4.79 Å². The number of nitro groups is 1. The summed E-state index contributed by atoms with van der Waals surface area (Å²) in [5.41, 5.74) is 0.457. The molecule has 0 bridgehead atoms. The van der Waals surface area contributed by atoms with Crippen molar-refractivity contribution >= 4 is 23.3 Å². The molecule has 0 saturated carbocycles. The molecule has 1 amide bonds. The highest BCUT2D eigenvalue weighted by Crippen LogP contribution is 2.32. The molecule has 0 spiro atoms. The molecule has 27 heavy (non-hydrogen) atoms. The Kier molecular flexibility index (Phi) is 5.50. The summed E-state index contributed by atoms with van der Waals surface area (Å²) < 4.78 is 16.0. The van der Waals surface area contributed by atoms with Crippen LogP contribution in [0.25, 0.3) is 0 Å². The van der Waals surface area contributed by atoms with E-state index in [9.17, 15) is 19.7 Å². The van der Waals surface area contributed by atoms with E-state index in [2.05, 4.69) is 5.32 Å². The maximum absolute atomic E-state index is 12.0. The molecule has 3 rings (SSSR count). The van der Waals surface area contributed by atoms with E-state index in [1.165, 1.54) is 24.3 Å². The number of amides is 1. The van der Waals surface area contributed by atoms with Crippen LogP contribution >= 0.6 is 0 Å². The van der Waals surface area contributed by atoms with Crippen molar-refractivity contribution in [1.29, 1.82) is 0 Å². The van der Waals surface area contributed by atoms with Crippen molar-refractivity contribution in [1.82, 2.24) is 0 Å². The van der Waals surface area contributed by atoms with Crippen LogP contribution in [0, 0.1) is 10.1 Å². The minimum Gasteiger partial charge on any atom is -0.490 e. The van der Waals surface area contributed by atoms with Crippen LogP contribution < -0.4 is 14.8 Å². The molecule has 2 aromatic rings. The van der Waals surface area contributed by atoms with Crippen LogP contribution in [0.2, 0.25) is 0 Å². The minimum absolute atomic E-state index is 0.115. The fourth-order valence-electron chi connectivity index (χ4n) is 2.37. The Hall–Kier alpha value is -3.62. The average molecular weight is 372 g/mol. The molecular weight excluding hydrogens is 356 g/mol. The van der Waals surface area contributed by atoms with Crippen LogP contribution in [0.3, 0.4) is 0 Å². The second-order valence-electron chi connectivity index (χ2n) is 5.64. The van der Waals surface area contributed by atoms with E-state index in [0.717, 1.165) is 6.42 Å². The van der Waals surface area contributed by atoms with Gasteiger partial charge in [0, 0.05) is 30.3 Å². The minimum atomic E-state index is -0.751. The van der Waals surface area contributed by atoms with E-state index in [1.54, 1.807) is 18.2 Å². The first-order valence-corrected chi connectivity index (χ1v) is 8.14. The molecule has 1 aliphatic rings. The van der Waals surface area contributed by atoms with Crippen molar-refractivity contribution < 1.29 is 28.7 Å². The number of esters is 1. The predicted molar refractivity (Wildman–Crippen MR) is 94.1 cm³/mol. The highest BCUT2D eigenvalue weighted by molar-refractivity contribution is 5.95. The molecule has 1 N–H and O–H groups in total. The van der Waals surface area contributed by atoms with Gasteiger partial charge in [-0.3, -0.25) is 14.9 Å². The number of carbonyl (C=O) groups is 2. The number of carbonyl (C=O) groups excluding carboxylic acids is 2. The molecule has 0 fully saturated rings. The lowest BCUT2D eigenvalue weighted by atomic mass is 10.2. The summed E-state index contributed by atoms with van der Waals surface area (Å²) in [6.45, 7) is 0.596. The molecular formula is C18H16N2O7. The summed E-state index contributed by atoms with van der Waals surface area (Å²) in [5.74, 6) is -0.137. The van der Waals surface area contributed by atoms with Crippen LogP contribution in [0.1, 0.15) is 16.8 Å². The first kappa shape index (κ1) is 18.2.